The van der Waals surface area contributed by atoms with Gasteiger partial charge in [-0.2, -0.15) is 0 Å². The van der Waals surface area contributed by atoms with Gasteiger partial charge in [0.05, 0.1) is 0 Å². The Labute approximate surface area is 112 Å². The van der Waals surface area contributed by atoms with Crippen LogP contribution in [0, 0.1) is 11.3 Å². The molecule has 0 aromatic rings. The van der Waals surface area contributed by atoms with Gasteiger partial charge in [0.25, 0.3) is 0 Å². The van der Waals surface area contributed by atoms with Crippen molar-refractivity contribution in [3.05, 3.63) is 0 Å². The lowest BCUT2D eigenvalue weighted by atomic mass is 9.84. The summed E-state index contributed by atoms with van der Waals surface area (Å²) in [6.45, 7) is 9.33. The molecule has 1 aliphatic rings. The quantitative estimate of drug-likeness (QED) is 0.792. The van der Waals surface area contributed by atoms with Crippen molar-refractivity contribution in [2.45, 2.75) is 59.3 Å². The highest BCUT2D eigenvalue weighted by Crippen LogP contribution is 2.29. The number of likely N-dealkylation sites (tertiary alicyclic amines) is 1. The fraction of sp³-hybridized carbons (Fsp3) is 0.933. The van der Waals surface area contributed by atoms with Gasteiger partial charge in [0.1, 0.15) is 0 Å². The first kappa shape index (κ1) is 15.5. The topological polar surface area (TPSA) is 46.3 Å². The molecule has 1 unspecified atom stereocenters. The van der Waals surface area contributed by atoms with Crippen LogP contribution in [0.15, 0.2) is 0 Å². The van der Waals surface area contributed by atoms with Crippen LogP contribution in [0.4, 0.5) is 0 Å². The number of rotatable bonds is 6. The molecular weight excluding hydrogens is 224 g/mol. The van der Waals surface area contributed by atoms with Crippen LogP contribution in [0.1, 0.15) is 59.3 Å². The van der Waals surface area contributed by atoms with Crippen molar-refractivity contribution >= 4 is 5.91 Å². The molecule has 1 rings (SSSR count). The van der Waals surface area contributed by atoms with Crippen LogP contribution in [0.25, 0.3) is 0 Å². The smallest absolute Gasteiger partial charge is 0.222 e. The number of nitrogens with zero attached hydrogens (tertiary/aromatic N) is 1. The Morgan fingerprint density at radius 2 is 2.11 bits per heavy atom. The van der Waals surface area contributed by atoms with Gasteiger partial charge in [-0.1, -0.05) is 27.2 Å². The average Bonchev–Trinajstić information content (AvgIpc) is 2.32. The van der Waals surface area contributed by atoms with E-state index in [1.165, 1.54) is 6.42 Å². The summed E-state index contributed by atoms with van der Waals surface area (Å²) in [7, 11) is 0. The summed E-state index contributed by atoms with van der Waals surface area (Å²) in [6.07, 6.45) is 6.28. The van der Waals surface area contributed by atoms with Gasteiger partial charge >= 0.3 is 0 Å². The maximum Gasteiger partial charge on any atom is 0.222 e. The van der Waals surface area contributed by atoms with E-state index < -0.39 is 0 Å². The van der Waals surface area contributed by atoms with E-state index in [2.05, 4.69) is 25.7 Å². The number of carbonyl (C=O) groups is 1. The zero-order valence-electron chi connectivity index (χ0n) is 12.4. The molecule has 0 aliphatic carbocycles. The SMILES string of the molecule is CCC(CCN)CCC(=O)N1CCCC(C)(C)C1. The zero-order chi connectivity index (χ0) is 13.6. The van der Waals surface area contributed by atoms with Gasteiger partial charge in [0, 0.05) is 19.5 Å². The van der Waals surface area contributed by atoms with Crippen molar-refractivity contribution in [2.75, 3.05) is 19.6 Å². The second-order valence-corrected chi connectivity index (χ2v) is 6.47. The van der Waals surface area contributed by atoms with Gasteiger partial charge in [-0.25, -0.2) is 0 Å². The highest BCUT2D eigenvalue weighted by atomic mass is 16.2. The van der Waals surface area contributed by atoms with Crippen LogP contribution in [0.5, 0.6) is 0 Å². The average molecular weight is 254 g/mol. The Morgan fingerprint density at radius 3 is 2.67 bits per heavy atom. The molecule has 3 heteroatoms. The predicted molar refractivity (Wildman–Crippen MR) is 76.3 cm³/mol. The van der Waals surface area contributed by atoms with E-state index in [1.807, 2.05) is 0 Å². The lowest BCUT2D eigenvalue weighted by molar-refractivity contribution is -0.134. The second kappa shape index (κ2) is 7.13. The largest absolute Gasteiger partial charge is 0.342 e. The molecule has 1 amide bonds. The Balaban J connectivity index is 2.36. The van der Waals surface area contributed by atoms with E-state index >= 15 is 0 Å². The molecule has 0 radical (unpaired) electrons. The van der Waals surface area contributed by atoms with Crippen LogP contribution < -0.4 is 5.73 Å². The number of carbonyl (C=O) groups excluding carboxylic acids is 1. The molecule has 1 heterocycles. The number of nitrogens with two attached hydrogens (primary N) is 1. The molecule has 106 valence electrons. The first-order valence-electron chi connectivity index (χ1n) is 7.46. The van der Waals surface area contributed by atoms with Crippen LogP contribution in [-0.4, -0.2) is 30.4 Å². The van der Waals surface area contributed by atoms with Crippen molar-refractivity contribution < 1.29 is 4.79 Å². The summed E-state index contributed by atoms with van der Waals surface area (Å²) in [4.78, 5) is 14.3. The molecule has 2 N–H and O–H groups in total. The highest BCUT2D eigenvalue weighted by molar-refractivity contribution is 5.76. The maximum absolute atomic E-state index is 12.2. The molecular formula is C15H30N2O. The van der Waals surface area contributed by atoms with E-state index in [0.717, 1.165) is 45.3 Å². The van der Waals surface area contributed by atoms with Gasteiger partial charge in [-0.05, 0) is 43.6 Å². The summed E-state index contributed by atoms with van der Waals surface area (Å²) < 4.78 is 0. The molecule has 1 saturated heterocycles. The van der Waals surface area contributed by atoms with Crippen molar-refractivity contribution in [1.29, 1.82) is 0 Å². The van der Waals surface area contributed by atoms with Crippen molar-refractivity contribution in [3.8, 4) is 0 Å². The Morgan fingerprint density at radius 1 is 1.39 bits per heavy atom. The van der Waals surface area contributed by atoms with Gasteiger partial charge in [-0.15, -0.1) is 0 Å². The van der Waals surface area contributed by atoms with Crippen molar-refractivity contribution in [2.24, 2.45) is 17.1 Å². The molecule has 0 aromatic carbocycles. The molecule has 0 saturated carbocycles. The van der Waals surface area contributed by atoms with Gasteiger partial charge in [0.15, 0.2) is 0 Å². The Kier molecular flexibility index (Phi) is 6.13. The van der Waals surface area contributed by atoms with Gasteiger partial charge in [-0.3, -0.25) is 4.79 Å². The molecule has 1 fully saturated rings. The fourth-order valence-electron chi connectivity index (χ4n) is 2.91. The summed E-state index contributed by atoms with van der Waals surface area (Å²) in [5, 5.41) is 0. The van der Waals surface area contributed by atoms with Crippen LogP contribution >= 0.6 is 0 Å². The van der Waals surface area contributed by atoms with Crippen molar-refractivity contribution in [1.82, 2.24) is 4.90 Å². The van der Waals surface area contributed by atoms with E-state index in [-0.39, 0.29) is 0 Å². The molecule has 0 bridgehead atoms. The molecule has 0 aromatic heterocycles. The minimum absolute atomic E-state index is 0.301. The van der Waals surface area contributed by atoms with E-state index in [4.69, 9.17) is 5.73 Å². The highest BCUT2D eigenvalue weighted by Gasteiger charge is 2.28. The number of hydrogen-bond acceptors (Lipinski definition) is 2. The first-order chi connectivity index (χ1) is 8.48. The lowest BCUT2D eigenvalue weighted by Gasteiger charge is -2.38. The third-order valence-corrected chi connectivity index (χ3v) is 4.17. The minimum Gasteiger partial charge on any atom is -0.342 e. The third-order valence-electron chi connectivity index (χ3n) is 4.17. The lowest BCUT2D eigenvalue weighted by Crippen LogP contribution is -2.43. The molecule has 0 spiro atoms. The minimum atomic E-state index is 0.301. The number of hydrogen-bond donors (Lipinski definition) is 1. The Bertz CT molecular complexity index is 263. The third kappa shape index (κ3) is 4.97. The van der Waals surface area contributed by atoms with Crippen LogP contribution in [-0.2, 0) is 4.79 Å². The predicted octanol–water partition coefficient (Wildman–Crippen LogP) is 2.79. The zero-order valence-corrected chi connectivity index (χ0v) is 12.4. The first-order valence-corrected chi connectivity index (χ1v) is 7.46. The summed E-state index contributed by atoms with van der Waals surface area (Å²) in [6, 6.07) is 0. The van der Waals surface area contributed by atoms with Crippen molar-refractivity contribution in [3.63, 3.8) is 0 Å². The monoisotopic (exact) mass is 254 g/mol. The summed E-state index contributed by atoms with van der Waals surface area (Å²) in [5.41, 5.74) is 5.90. The normalized spacial score (nSPS) is 20.8. The van der Waals surface area contributed by atoms with E-state index in [9.17, 15) is 4.79 Å². The second-order valence-electron chi connectivity index (χ2n) is 6.47. The molecule has 3 nitrogen and oxygen atoms in total. The van der Waals surface area contributed by atoms with Crippen LogP contribution in [0.2, 0.25) is 0 Å². The molecule has 1 aliphatic heterocycles. The summed E-state index contributed by atoms with van der Waals surface area (Å²) in [5.74, 6) is 0.968. The van der Waals surface area contributed by atoms with Crippen LogP contribution in [0.3, 0.4) is 0 Å². The van der Waals surface area contributed by atoms with E-state index in [0.29, 0.717) is 23.7 Å². The molecule has 1 atom stereocenters. The number of piperidine rings is 1. The maximum atomic E-state index is 12.2. The summed E-state index contributed by atoms with van der Waals surface area (Å²) >= 11 is 0. The fourth-order valence-corrected chi connectivity index (χ4v) is 2.91. The Hall–Kier alpha value is -0.570. The standard InChI is InChI=1S/C15H30N2O/c1-4-13(8-10-16)6-7-14(18)17-11-5-9-15(2,3)12-17/h13H,4-12,16H2,1-3H3. The van der Waals surface area contributed by atoms with Gasteiger partial charge < -0.3 is 10.6 Å². The molecule has 18 heavy (non-hydrogen) atoms. The van der Waals surface area contributed by atoms with Gasteiger partial charge in [0.2, 0.25) is 5.91 Å². The van der Waals surface area contributed by atoms with E-state index in [1.54, 1.807) is 0 Å². The number of amides is 1.